The van der Waals surface area contributed by atoms with Gasteiger partial charge in [-0.1, -0.05) is 27.7 Å². The minimum Gasteiger partial charge on any atom is -0.464 e. The Labute approximate surface area is 101 Å². The molecule has 1 aromatic heterocycles. The third kappa shape index (κ3) is 5.75. The van der Waals surface area contributed by atoms with E-state index in [1.165, 1.54) is 19.1 Å². The van der Waals surface area contributed by atoms with Gasteiger partial charge in [0.1, 0.15) is 0 Å². The number of carboxylic acid groups (broad SMARTS) is 1. The van der Waals surface area contributed by atoms with Crippen LogP contribution < -0.4 is 11.3 Å². The van der Waals surface area contributed by atoms with E-state index in [0.29, 0.717) is 15.7 Å². The number of rotatable bonds is 0. The number of hydrogen-bond donors (Lipinski definition) is 2. The van der Waals surface area contributed by atoms with Crippen molar-refractivity contribution < 1.29 is 9.90 Å². The fourth-order valence-electron chi connectivity index (χ4n) is 0.883. The zero-order chi connectivity index (χ0) is 13.8. The molecule has 3 N–H and O–H groups in total. The molecule has 0 saturated carbocycles. The van der Waals surface area contributed by atoms with Crippen molar-refractivity contribution in [3.05, 3.63) is 28.2 Å². The van der Waals surface area contributed by atoms with Crippen LogP contribution in [0.2, 0.25) is 0 Å². The molecule has 5 heteroatoms. The Bertz CT molecular complexity index is 450. The summed E-state index contributed by atoms with van der Waals surface area (Å²) in [5, 5.41) is 8.58. The lowest BCUT2D eigenvalue weighted by Crippen LogP contribution is -2.29. The fraction of sp³-hybridized carbons (Fsp3) is 0.500. The molecule has 0 radical (unpaired) electrons. The quantitative estimate of drug-likeness (QED) is 0.728. The molecule has 17 heavy (non-hydrogen) atoms. The van der Waals surface area contributed by atoms with E-state index in [-0.39, 0.29) is 5.69 Å². The van der Waals surface area contributed by atoms with E-state index in [4.69, 9.17) is 10.8 Å². The van der Waals surface area contributed by atoms with Gasteiger partial charge in [-0.3, -0.25) is 4.79 Å². The van der Waals surface area contributed by atoms with E-state index in [1.807, 2.05) is 0 Å². The molecule has 0 amide bonds. The molecule has 0 bridgehead atoms. The van der Waals surface area contributed by atoms with Gasteiger partial charge in [0.25, 0.3) is 5.56 Å². The Morgan fingerprint density at radius 2 is 1.71 bits per heavy atom. The highest BCUT2D eigenvalue weighted by Crippen LogP contribution is 2.08. The maximum Gasteiger partial charge on any atom is 0.418 e. The predicted molar refractivity (Wildman–Crippen MR) is 68.4 cm³/mol. The molecule has 1 rings (SSSR count). The average Bonchev–Trinajstić information content (AvgIpc) is 2.08. The van der Waals surface area contributed by atoms with E-state index in [1.54, 1.807) is 0 Å². The highest BCUT2D eigenvalue weighted by atomic mass is 16.4. The molecule has 1 aromatic rings. The molecule has 0 spiro atoms. The first-order valence-corrected chi connectivity index (χ1v) is 5.25. The van der Waals surface area contributed by atoms with Crippen LogP contribution in [-0.2, 0) is 0 Å². The Morgan fingerprint density at radius 1 is 1.29 bits per heavy atom. The lowest BCUT2D eigenvalue weighted by molar-refractivity contribution is 0.194. The maximum atomic E-state index is 11.1. The summed E-state index contributed by atoms with van der Waals surface area (Å²) in [5.41, 5.74) is 5.32. The van der Waals surface area contributed by atoms with Gasteiger partial charge in [-0.25, -0.2) is 9.36 Å². The van der Waals surface area contributed by atoms with Gasteiger partial charge in [-0.05, 0) is 24.5 Å². The molecule has 96 valence electrons. The van der Waals surface area contributed by atoms with Gasteiger partial charge in [-0.2, -0.15) is 0 Å². The third-order valence-corrected chi connectivity index (χ3v) is 1.50. The van der Waals surface area contributed by atoms with E-state index >= 15 is 0 Å². The number of hydrogen-bond acceptors (Lipinski definition) is 3. The topological polar surface area (TPSA) is 85.3 Å². The van der Waals surface area contributed by atoms with Crippen molar-refractivity contribution in [2.24, 2.45) is 5.41 Å². The van der Waals surface area contributed by atoms with Crippen molar-refractivity contribution >= 4 is 11.8 Å². The van der Waals surface area contributed by atoms with E-state index in [0.717, 1.165) is 0 Å². The minimum absolute atomic E-state index is 0.0667. The zero-order valence-electron chi connectivity index (χ0n) is 10.9. The van der Waals surface area contributed by atoms with Crippen molar-refractivity contribution in [3.63, 3.8) is 0 Å². The molecule has 0 atom stereocenters. The minimum atomic E-state index is -1.31. The fourth-order valence-corrected chi connectivity index (χ4v) is 0.883. The highest BCUT2D eigenvalue weighted by Gasteiger charge is 2.08. The molecule has 0 aliphatic heterocycles. The summed E-state index contributed by atoms with van der Waals surface area (Å²) in [4.78, 5) is 21.6. The standard InChI is InChI=1S/C7H8N2O3.C5H12/c1-4-2-3-5(8)6(10)9(4)7(11)12;1-5(2,3)4/h2-3H,8H2,1H3,(H,11,12);1-4H3. The van der Waals surface area contributed by atoms with E-state index in [9.17, 15) is 9.59 Å². The molecule has 0 aromatic carbocycles. The number of aryl methyl sites for hydroxylation is 1. The number of anilines is 1. The average molecular weight is 240 g/mol. The van der Waals surface area contributed by atoms with Crippen LogP contribution in [0.3, 0.4) is 0 Å². The van der Waals surface area contributed by atoms with Crippen LogP contribution in [0.4, 0.5) is 10.5 Å². The van der Waals surface area contributed by atoms with Gasteiger partial charge in [0.05, 0.1) is 5.69 Å². The van der Waals surface area contributed by atoms with Crippen molar-refractivity contribution in [2.75, 3.05) is 5.73 Å². The lowest BCUT2D eigenvalue weighted by Gasteiger charge is -2.05. The largest absolute Gasteiger partial charge is 0.464 e. The first kappa shape index (κ1) is 15.2. The van der Waals surface area contributed by atoms with Crippen LogP contribution in [0.25, 0.3) is 0 Å². The normalized spacial score (nSPS) is 10.4. The van der Waals surface area contributed by atoms with Crippen LogP contribution in [0.5, 0.6) is 0 Å². The van der Waals surface area contributed by atoms with Crippen LogP contribution in [0.15, 0.2) is 16.9 Å². The molecule has 5 nitrogen and oxygen atoms in total. The number of carbonyl (C=O) groups is 1. The monoisotopic (exact) mass is 240 g/mol. The van der Waals surface area contributed by atoms with Crippen LogP contribution in [0.1, 0.15) is 33.4 Å². The van der Waals surface area contributed by atoms with Crippen molar-refractivity contribution in [3.8, 4) is 0 Å². The van der Waals surface area contributed by atoms with Gasteiger partial charge in [0.2, 0.25) is 0 Å². The Hall–Kier alpha value is -1.78. The van der Waals surface area contributed by atoms with Crippen LogP contribution in [-0.4, -0.2) is 15.8 Å². The summed E-state index contributed by atoms with van der Waals surface area (Å²) >= 11 is 0. The van der Waals surface area contributed by atoms with Gasteiger partial charge in [-0.15, -0.1) is 0 Å². The number of pyridine rings is 1. The van der Waals surface area contributed by atoms with E-state index < -0.39 is 11.7 Å². The van der Waals surface area contributed by atoms with Crippen molar-refractivity contribution in [1.29, 1.82) is 0 Å². The number of nitrogens with zero attached hydrogens (tertiary/aromatic N) is 1. The van der Waals surface area contributed by atoms with Crippen molar-refractivity contribution in [1.82, 2.24) is 4.57 Å². The van der Waals surface area contributed by atoms with E-state index in [2.05, 4.69) is 27.7 Å². The number of nitrogens with two attached hydrogens (primary N) is 1. The Morgan fingerprint density at radius 3 is 2.00 bits per heavy atom. The molecular formula is C12H20N2O3. The second-order valence-corrected chi connectivity index (χ2v) is 5.35. The molecule has 0 aliphatic carbocycles. The smallest absolute Gasteiger partial charge is 0.418 e. The second kappa shape index (κ2) is 5.52. The molecular weight excluding hydrogens is 220 g/mol. The first-order valence-electron chi connectivity index (χ1n) is 5.25. The van der Waals surface area contributed by atoms with Gasteiger partial charge < -0.3 is 10.8 Å². The summed E-state index contributed by atoms with van der Waals surface area (Å²) in [6, 6.07) is 2.86. The summed E-state index contributed by atoms with van der Waals surface area (Å²) < 4.78 is 0.606. The number of nitrogen functional groups attached to an aromatic ring is 1. The van der Waals surface area contributed by atoms with Gasteiger partial charge in [0.15, 0.2) is 0 Å². The summed E-state index contributed by atoms with van der Waals surface area (Å²) in [6.45, 7) is 10.3. The lowest BCUT2D eigenvalue weighted by atomic mass is 10.0. The highest BCUT2D eigenvalue weighted by molar-refractivity contribution is 5.69. The predicted octanol–water partition coefficient (Wildman–Crippen LogP) is 2.32. The number of aromatic nitrogens is 1. The summed E-state index contributed by atoms with van der Waals surface area (Å²) in [6.07, 6.45) is -1.31. The Kier molecular flexibility index (Phi) is 4.94. The zero-order valence-corrected chi connectivity index (χ0v) is 10.9. The SMILES string of the molecule is CC(C)(C)C.Cc1ccc(N)c(=O)n1C(=O)O. The van der Waals surface area contributed by atoms with Crippen molar-refractivity contribution in [2.45, 2.75) is 34.6 Å². The molecule has 0 saturated heterocycles. The first-order chi connectivity index (χ1) is 7.54. The molecule has 1 heterocycles. The maximum absolute atomic E-state index is 11.1. The Balaban J connectivity index is 0.000000437. The van der Waals surface area contributed by atoms with Crippen LogP contribution in [0, 0.1) is 12.3 Å². The second-order valence-electron chi connectivity index (χ2n) is 5.35. The summed E-state index contributed by atoms with van der Waals surface area (Å²) in [7, 11) is 0. The van der Waals surface area contributed by atoms with Crippen LogP contribution >= 0.6 is 0 Å². The molecule has 0 unspecified atom stereocenters. The van der Waals surface area contributed by atoms with Gasteiger partial charge >= 0.3 is 6.09 Å². The molecule has 0 aliphatic rings. The third-order valence-electron chi connectivity index (χ3n) is 1.50. The summed E-state index contributed by atoms with van der Waals surface area (Å²) in [5.74, 6) is 0. The molecule has 0 fully saturated rings. The van der Waals surface area contributed by atoms with Gasteiger partial charge in [0, 0.05) is 5.69 Å².